The molecule has 0 fully saturated rings. The average Bonchev–Trinajstić information content (AvgIpc) is 2.28. The van der Waals surface area contributed by atoms with Crippen LogP contribution in [0.15, 0.2) is 22.7 Å². The van der Waals surface area contributed by atoms with E-state index < -0.39 is 4.92 Å². The van der Waals surface area contributed by atoms with Crippen LogP contribution in [0.5, 0.6) is 0 Å². The average molecular weight is 301 g/mol. The Morgan fingerprint density at radius 2 is 2.24 bits per heavy atom. The largest absolute Gasteiger partial charge is 0.350 e. The van der Waals surface area contributed by atoms with Gasteiger partial charge in [0.1, 0.15) is 0 Å². The standard InChI is InChI=1S/C11H13BrN2O3/c1-3-7(2)13-11(15)9-6-8(14(16)17)4-5-10(9)12/h4-7H,3H2,1-2H3,(H,13,15). The van der Waals surface area contributed by atoms with E-state index in [2.05, 4.69) is 21.2 Å². The van der Waals surface area contributed by atoms with Gasteiger partial charge in [-0.3, -0.25) is 14.9 Å². The van der Waals surface area contributed by atoms with Gasteiger partial charge < -0.3 is 5.32 Å². The molecule has 0 saturated carbocycles. The van der Waals surface area contributed by atoms with Crippen LogP contribution in [0.4, 0.5) is 5.69 Å². The van der Waals surface area contributed by atoms with E-state index in [9.17, 15) is 14.9 Å². The molecule has 1 unspecified atom stereocenters. The number of nitrogens with zero attached hydrogens (tertiary/aromatic N) is 1. The van der Waals surface area contributed by atoms with Crippen LogP contribution in [0.3, 0.4) is 0 Å². The number of carbonyl (C=O) groups is 1. The molecule has 0 aliphatic heterocycles. The number of halogens is 1. The second-order valence-corrected chi connectivity index (χ2v) is 4.56. The minimum absolute atomic E-state index is 0.0358. The van der Waals surface area contributed by atoms with Crippen molar-refractivity contribution < 1.29 is 9.72 Å². The highest BCUT2D eigenvalue weighted by molar-refractivity contribution is 9.10. The summed E-state index contributed by atoms with van der Waals surface area (Å²) in [5, 5.41) is 13.4. The van der Waals surface area contributed by atoms with E-state index in [1.165, 1.54) is 18.2 Å². The molecule has 0 aromatic heterocycles. The molecule has 0 aliphatic rings. The number of non-ortho nitro benzene ring substituents is 1. The van der Waals surface area contributed by atoms with Crippen LogP contribution in [0.25, 0.3) is 0 Å². The normalized spacial score (nSPS) is 11.9. The Hall–Kier alpha value is -1.43. The zero-order valence-corrected chi connectivity index (χ0v) is 11.2. The van der Waals surface area contributed by atoms with Crippen molar-refractivity contribution in [3.63, 3.8) is 0 Å². The number of nitro benzene ring substituents is 1. The van der Waals surface area contributed by atoms with Gasteiger partial charge in [0.2, 0.25) is 0 Å². The maximum Gasteiger partial charge on any atom is 0.270 e. The fraction of sp³-hybridized carbons (Fsp3) is 0.364. The van der Waals surface area contributed by atoms with Gasteiger partial charge in [-0.15, -0.1) is 0 Å². The zero-order chi connectivity index (χ0) is 13.0. The summed E-state index contributed by atoms with van der Waals surface area (Å²) in [4.78, 5) is 21.9. The number of carbonyl (C=O) groups excluding carboxylic acids is 1. The van der Waals surface area contributed by atoms with Gasteiger partial charge in [0, 0.05) is 22.6 Å². The van der Waals surface area contributed by atoms with E-state index in [4.69, 9.17) is 0 Å². The lowest BCUT2D eigenvalue weighted by Crippen LogP contribution is -2.32. The van der Waals surface area contributed by atoms with Crippen molar-refractivity contribution in [2.75, 3.05) is 0 Å². The van der Waals surface area contributed by atoms with Crippen LogP contribution in [0.1, 0.15) is 30.6 Å². The van der Waals surface area contributed by atoms with E-state index >= 15 is 0 Å². The fourth-order valence-electron chi connectivity index (χ4n) is 1.20. The topological polar surface area (TPSA) is 72.2 Å². The van der Waals surface area contributed by atoms with Crippen molar-refractivity contribution >= 4 is 27.5 Å². The number of nitro groups is 1. The molecule has 0 bridgehead atoms. The monoisotopic (exact) mass is 300 g/mol. The Morgan fingerprint density at radius 1 is 1.59 bits per heavy atom. The predicted molar refractivity (Wildman–Crippen MR) is 68.0 cm³/mol. The van der Waals surface area contributed by atoms with Crippen molar-refractivity contribution in [2.24, 2.45) is 0 Å². The first-order chi connectivity index (χ1) is 7.95. The van der Waals surface area contributed by atoms with Crippen molar-refractivity contribution in [2.45, 2.75) is 26.3 Å². The van der Waals surface area contributed by atoms with Crippen LogP contribution < -0.4 is 5.32 Å². The minimum atomic E-state index is -0.521. The Morgan fingerprint density at radius 3 is 2.76 bits per heavy atom. The number of rotatable bonds is 4. The SMILES string of the molecule is CCC(C)NC(=O)c1cc([N+](=O)[O-])ccc1Br. The first-order valence-electron chi connectivity index (χ1n) is 5.20. The van der Waals surface area contributed by atoms with Crippen LogP contribution in [0.2, 0.25) is 0 Å². The summed E-state index contributed by atoms with van der Waals surface area (Å²) < 4.78 is 0.545. The summed E-state index contributed by atoms with van der Waals surface area (Å²) in [5.41, 5.74) is 0.182. The lowest BCUT2D eigenvalue weighted by atomic mass is 10.1. The van der Waals surface area contributed by atoms with E-state index in [0.717, 1.165) is 6.42 Å². The first-order valence-corrected chi connectivity index (χ1v) is 5.99. The van der Waals surface area contributed by atoms with E-state index in [1.54, 1.807) is 0 Å². The van der Waals surface area contributed by atoms with Gasteiger partial charge in [-0.25, -0.2) is 0 Å². The van der Waals surface area contributed by atoms with Gasteiger partial charge in [-0.1, -0.05) is 6.92 Å². The maximum atomic E-state index is 11.8. The Labute approximate surface area is 107 Å². The van der Waals surface area contributed by atoms with E-state index in [-0.39, 0.29) is 23.2 Å². The quantitative estimate of drug-likeness (QED) is 0.686. The number of benzene rings is 1. The van der Waals surface area contributed by atoms with Crippen molar-refractivity contribution in [1.29, 1.82) is 0 Å². The molecule has 92 valence electrons. The third-order valence-corrected chi connectivity index (χ3v) is 3.09. The highest BCUT2D eigenvalue weighted by Gasteiger charge is 2.16. The Balaban J connectivity index is 3.00. The molecule has 1 N–H and O–H groups in total. The molecule has 0 radical (unpaired) electrons. The molecular formula is C11H13BrN2O3. The number of hydrogen-bond acceptors (Lipinski definition) is 3. The van der Waals surface area contributed by atoms with Gasteiger partial charge in [-0.05, 0) is 35.3 Å². The number of hydrogen-bond donors (Lipinski definition) is 1. The molecule has 0 saturated heterocycles. The fourth-order valence-corrected chi connectivity index (χ4v) is 1.63. The molecule has 1 rings (SSSR count). The van der Waals surface area contributed by atoms with Gasteiger partial charge in [0.15, 0.2) is 0 Å². The van der Waals surface area contributed by atoms with Crippen molar-refractivity contribution in [3.8, 4) is 0 Å². The number of nitrogens with one attached hydrogen (secondary N) is 1. The van der Waals surface area contributed by atoms with Gasteiger partial charge in [0.25, 0.3) is 11.6 Å². The van der Waals surface area contributed by atoms with Crippen LogP contribution >= 0.6 is 15.9 Å². The van der Waals surface area contributed by atoms with Crippen LogP contribution in [-0.4, -0.2) is 16.9 Å². The highest BCUT2D eigenvalue weighted by atomic mass is 79.9. The molecule has 0 heterocycles. The van der Waals surface area contributed by atoms with E-state index in [0.29, 0.717) is 4.47 Å². The van der Waals surface area contributed by atoms with Crippen molar-refractivity contribution in [3.05, 3.63) is 38.3 Å². The molecule has 6 heteroatoms. The first kappa shape index (κ1) is 13.6. The van der Waals surface area contributed by atoms with Crippen LogP contribution in [-0.2, 0) is 0 Å². The summed E-state index contributed by atoms with van der Waals surface area (Å²) >= 11 is 3.21. The second kappa shape index (κ2) is 5.77. The molecule has 17 heavy (non-hydrogen) atoms. The molecule has 0 spiro atoms. The molecular weight excluding hydrogens is 288 g/mol. The molecule has 1 amide bonds. The summed E-state index contributed by atoms with van der Waals surface area (Å²) in [6, 6.07) is 4.16. The summed E-state index contributed by atoms with van der Waals surface area (Å²) in [6.07, 6.45) is 0.804. The third kappa shape index (κ3) is 3.52. The summed E-state index contributed by atoms with van der Waals surface area (Å²) in [7, 11) is 0. The highest BCUT2D eigenvalue weighted by Crippen LogP contribution is 2.22. The van der Waals surface area contributed by atoms with Crippen LogP contribution in [0, 0.1) is 10.1 Å². The maximum absolute atomic E-state index is 11.8. The lowest BCUT2D eigenvalue weighted by Gasteiger charge is -2.12. The molecule has 1 atom stereocenters. The smallest absolute Gasteiger partial charge is 0.270 e. The van der Waals surface area contributed by atoms with E-state index in [1.807, 2.05) is 13.8 Å². The zero-order valence-electron chi connectivity index (χ0n) is 9.57. The number of amides is 1. The molecule has 1 aromatic rings. The molecule has 1 aromatic carbocycles. The Bertz CT molecular complexity index is 448. The second-order valence-electron chi connectivity index (χ2n) is 3.70. The Kier molecular flexibility index (Phi) is 4.62. The van der Waals surface area contributed by atoms with Crippen molar-refractivity contribution in [1.82, 2.24) is 5.32 Å². The minimum Gasteiger partial charge on any atom is -0.350 e. The van der Waals surface area contributed by atoms with Gasteiger partial charge in [-0.2, -0.15) is 0 Å². The van der Waals surface area contributed by atoms with Gasteiger partial charge in [0.05, 0.1) is 10.5 Å². The molecule has 0 aliphatic carbocycles. The molecule has 5 nitrogen and oxygen atoms in total. The predicted octanol–water partition coefficient (Wildman–Crippen LogP) is 2.89. The lowest BCUT2D eigenvalue weighted by molar-refractivity contribution is -0.384. The summed E-state index contributed by atoms with van der Waals surface area (Å²) in [6.45, 7) is 3.83. The summed E-state index contributed by atoms with van der Waals surface area (Å²) in [5.74, 6) is -0.310. The third-order valence-electron chi connectivity index (χ3n) is 2.40. The van der Waals surface area contributed by atoms with Gasteiger partial charge >= 0.3 is 0 Å².